The van der Waals surface area contributed by atoms with E-state index in [1.807, 2.05) is 6.07 Å². The SMILES string of the molecule is CON[C@@H](c1ccn(-c2ccccc2)c1)C1CCCCC1. The number of para-hydroxylation sites is 1. The molecule has 21 heavy (non-hydrogen) atoms. The molecule has 1 heterocycles. The Kier molecular flexibility index (Phi) is 4.73. The van der Waals surface area contributed by atoms with Crippen LogP contribution in [0.15, 0.2) is 48.8 Å². The first-order valence-corrected chi connectivity index (χ1v) is 7.90. The average molecular weight is 284 g/mol. The van der Waals surface area contributed by atoms with Gasteiger partial charge in [0.2, 0.25) is 0 Å². The van der Waals surface area contributed by atoms with Gasteiger partial charge in [-0.3, -0.25) is 0 Å². The summed E-state index contributed by atoms with van der Waals surface area (Å²) in [6.45, 7) is 0. The normalized spacial score (nSPS) is 17.8. The smallest absolute Gasteiger partial charge is 0.0614 e. The molecule has 1 aromatic heterocycles. The van der Waals surface area contributed by atoms with E-state index in [4.69, 9.17) is 4.84 Å². The maximum atomic E-state index is 5.27. The van der Waals surface area contributed by atoms with Crippen LogP contribution in [0.3, 0.4) is 0 Å². The van der Waals surface area contributed by atoms with Gasteiger partial charge in [0, 0.05) is 18.1 Å². The molecule has 3 rings (SSSR count). The Labute approximate surface area is 126 Å². The quantitative estimate of drug-likeness (QED) is 0.831. The molecule has 1 atom stereocenters. The summed E-state index contributed by atoms with van der Waals surface area (Å²) in [6, 6.07) is 12.9. The predicted molar refractivity (Wildman–Crippen MR) is 85.2 cm³/mol. The lowest BCUT2D eigenvalue weighted by molar-refractivity contribution is 0.0333. The van der Waals surface area contributed by atoms with E-state index in [1.54, 1.807) is 7.11 Å². The fourth-order valence-corrected chi connectivity index (χ4v) is 3.39. The molecule has 0 unspecified atom stereocenters. The van der Waals surface area contributed by atoms with Crippen molar-refractivity contribution >= 4 is 0 Å². The van der Waals surface area contributed by atoms with Crippen molar-refractivity contribution in [1.29, 1.82) is 0 Å². The maximum Gasteiger partial charge on any atom is 0.0614 e. The molecule has 0 amide bonds. The Morgan fingerprint density at radius 1 is 1.10 bits per heavy atom. The first-order chi connectivity index (χ1) is 10.4. The second-order valence-electron chi connectivity index (χ2n) is 5.89. The zero-order valence-corrected chi connectivity index (χ0v) is 12.7. The van der Waals surface area contributed by atoms with E-state index in [0.717, 1.165) is 0 Å². The third-order valence-electron chi connectivity index (χ3n) is 4.50. The third-order valence-corrected chi connectivity index (χ3v) is 4.50. The Bertz CT molecular complexity index is 543. The third kappa shape index (κ3) is 3.36. The zero-order valence-electron chi connectivity index (χ0n) is 12.7. The molecule has 1 aliphatic rings. The highest BCUT2D eigenvalue weighted by Gasteiger charge is 2.25. The molecule has 0 spiro atoms. The lowest BCUT2D eigenvalue weighted by atomic mass is 9.82. The summed E-state index contributed by atoms with van der Waals surface area (Å²) < 4.78 is 2.18. The number of nitrogens with zero attached hydrogens (tertiary/aromatic N) is 1. The fourth-order valence-electron chi connectivity index (χ4n) is 3.39. The molecule has 1 fully saturated rings. The van der Waals surface area contributed by atoms with Crippen molar-refractivity contribution < 1.29 is 4.84 Å². The number of hydrogen-bond donors (Lipinski definition) is 1. The number of nitrogens with one attached hydrogen (secondary N) is 1. The topological polar surface area (TPSA) is 26.2 Å². The van der Waals surface area contributed by atoms with Gasteiger partial charge in [0.15, 0.2) is 0 Å². The van der Waals surface area contributed by atoms with Gasteiger partial charge in [0.05, 0.1) is 13.2 Å². The van der Waals surface area contributed by atoms with Crippen LogP contribution in [-0.2, 0) is 4.84 Å². The number of aromatic nitrogens is 1. The van der Waals surface area contributed by atoms with Gasteiger partial charge in [0.1, 0.15) is 0 Å². The van der Waals surface area contributed by atoms with E-state index in [2.05, 4.69) is 52.8 Å². The van der Waals surface area contributed by atoms with Crippen LogP contribution in [0.4, 0.5) is 0 Å². The van der Waals surface area contributed by atoms with Crippen LogP contribution < -0.4 is 5.48 Å². The fraction of sp³-hybridized carbons (Fsp3) is 0.444. The number of hydrogen-bond acceptors (Lipinski definition) is 2. The number of benzene rings is 1. The van der Waals surface area contributed by atoms with E-state index in [1.165, 1.54) is 43.4 Å². The largest absolute Gasteiger partial charge is 0.324 e. The van der Waals surface area contributed by atoms with Crippen LogP contribution in [0.25, 0.3) is 5.69 Å². The Hall–Kier alpha value is -1.58. The summed E-state index contributed by atoms with van der Waals surface area (Å²) in [5.74, 6) is 0.672. The minimum absolute atomic E-state index is 0.292. The van der Waals surface area contributed by atoms with Crippen LogP contribution in [0.1, 0.15) is 43.7 Å². The summed E-state index contributed by atoms with van der Waals surface area (Å²) >= 11 is 0. The molecule has 3 heteroatoms. The first kappa shape index (κ1) is 14.4. The van der Waals surface area contributed by atoms with Crippen LogP contribution in [-0.4, -0.2) is 11.7 Å². The lowest BCUT2D eigenvalue weighted by Crippen LogP contribution is -2.28. The number of hydroxylamine groups is 1. The highest BCUT2D eigenvalue weighted by atomic mass is 16.6. The number of rotatable bonds is 5. The van der Waals surface area contributed by atoms with E-state index in [-0.39, 0.29) is 0 Å². The van der Waals surface area contributed by atoms with Gasteiger partial charge in [-0.05, 0) is 42.5 Å². The molecule has 1 aliphatic carbocycles. The second kappa shape index (κ2) is 6.92. The molecule has 0 saturated heterocycles. The molecular formula is C18H24N2O. The van der Waals surface area contributed by atoms with E-state index in [0.29, 0.717) is 12.0 Å². The average Bonchev–Trinajstić information content (AvgIpc) is 3.04. The van der Waals surface area contributed by atoms with Crippen molar-refractivity contribution in [3.8, 4) is 5.69 Å². The second-order valence-corrected chi connectivity index (χ2v) is 5.89. The Morgan fingerprint density at radius 2 is 1.86 bits per heavy atom. The summed E-state index contributed by atoms with van der Waals surface area (Å²) in [5, 5.41) is 0. The molecular weight excluding hydrogens is 260 g/mol. The van der Waals surface area contributed by atoms with Gasteiger partial charge >= 0.3 is 0 Å². The molecule has 112 valence electrons. The minimum Gasteiger partial charge on any atom is -0.324 e. The predicted octanol–water partition coefficient (Wildman–Crippen LogP) is 4.25. The molecule has 1 saturated carbocycles. The van der Waals surface area contributed by atoms with E-state index in [9.17, 15) is 0 Å². The molecule has 0 aliphatic heterocycles. The van der Waals surface area contributed by atoms with Gasteiger partial charge in [-0.25, -0.2) is 0 Å². The van der Waals surface area contributed by atoms with Crippen molar-refractivity contribution in [2.75, 3.05) is 7.11 Å². The van der Waals surface area contributed by atoms with Crippen LogP contribution in [0.5, 0.6) is 0 Å². The molecule has 0 radical (unpaired) electrons. The summed E-state index contributed by atoms with van der Waals surface area (Å²) in [6.07, 6.45) is 11.0. The van der Waals surface area contributed by atoms with Gasteiger partial charge < -0.3 is 9.40 Å². The summed E-state index contributed by atoms with van der Waals surface area (Å²) in [7, 11) is 1.71. The first-order valence-electron chi connectivity index (χ1n) is 7.90. The molecule has 3 nitrogen and oxygen atoms in total. The molecule has 0 bridgehead atoms. The van der Waals surface area contributed by atoms with Gasteiger partial charge in [0.25, 0.3) is 0 Å². The minimum atomic E-state index is 0.292. The van der Waals surface area contributed by atoms with Crippen LogP contribution in [0.2, 0.25) is 0 Å². The van der Waals surface area contributed by atoms with Crippen molar-refractivity contribution in [3.05, 3.63) is 54.4 Å². The van der Waals surface area contributed by atoms with Crippen molar-refractivity contribution in [3.63, 3.8) is 0 Å². The lowest BCUT2D eigenvalue weighted by Gasteiger charge is -2.29. The molecule has 2 aromatic rings. The Morgan fingerprint density at radius 3 is 2.57 bits per heavy atom. The monoisotopic (exact) mass is 284 g/mol. The molecule has 1 aromatic carbocycles. The Balaban J connectivity index is 1.81. The van der Waals surface area contributed by atoms with Crippen molar-refractivity contribution in [2.24, 2.45) is 5.92 Å². The maximum absolute atomic E-state index is 5.27. The highest BCUT2D eigenvalue weighted by Crippen LogP contribution is 2.34. The zero-order chi connectivity index (χ0) is 14.5. The molecule has 1 N–H and O–H groups in total. The van der Waals surface area contributed by atoms with Crippen molar-refractivity contribution in [1.82, 2.24) is 10.0 Å². The van der Waals surface area contributed by atoms with Crippen LogP contribution in [0, 0.1) is 5.92 Å². The van der Waals surface area contributed by atoms with Crippen molar-refractivity contribution in [2.45, 2.75) is 38.1 Å². The standard InChI is InChI=1S/C18H24N2O/c1-21-19-18(15-8-4-2-5-9-15)16-12-13-20(14-16)17-10-6-3-7-11-17/h3,6-7,10-15,18-19H,2,4-5,8-9H2,1H3/t18-/m1/s1. The summed E-state index contributed by atoms with van der Waals surface area (Å²) in [4.78, 5) is 5.27. The van der Waals surface area contributed by atoms with Gasteiger partial charge in [-0.2, -0.15) is 5.48 Å². The summed E-state index contributed by atoms with van der Waals surface area (Å²) in [5.41, 5.74) is 5.73. The highest BCUT2D eigenvalue weighted by molar-refractivity contribution is 5.34. The van der Waals surface area contributed by atoms with Gasteiger partial charge in [-0.1, -0.05) is 37.5 Å². The van der Waals surface area contributed by atoms with E-state index >= 15 is 0 Å². The van der Waals surface area contributed by atoms with E-state index < -0.39 is 0 Å². The van der Waals surface area contributed by atoms with Crippen LogP contribution >= 0.6 is 0 Å². The van der Waals surface area contributed by atoms with Gasteiger partial charge in [-0.15, -0.1) is 0 Å².